The van der Waals surface area contributed by atoms with Gasteiger partial charge in [0.15, 0.2) is 0 Å². The molecule has 3 aromatic rings. The molecule has 0 radical (unpaired) electrons. The predicted molar refractivity (Wildman–Crippen MR) is 112 cm³/mol. The molecular formula is C23H22FN3O4. The fourth-order valence-corrected chi connectivity index (χ4v) is 3.64. The summed E-state index contributed by atoms with van der Waals surface area (Å²) in [5.41, 5.74) is 1.38. The lowest BCUT2D eigenvalue weighted by Crippen LogP contribution is -2.38. The highest BCUT2D eigenvalue weighted by Crippen LogP contribution is 2.29. The van der Waals surface area contributed by atoms with Crippen molar-refractivity contribution in [3.8, 4) is 5.75 Å². The van der Waals surface area contributed by atoms with Crippen molar-refractivity contribution in [1.29, 1.82) is 0 Å². The van der Waals surface area contributed by atoms with Crippen LogP contribution >= 0.6 is 0 Å². The molecule has 1 aromatic heterocycles. The molecule has 2 aromatic carbocycles. The molecule has 2 amide bonds. The molecule has 1 saturated heterocycles. The van der Waals surface area contributed by atoms with E-state index in [-0.39, 0.29) is 23.1 Å². The summed E-state index contributed by atoms with van der Waals surface area (Å²) < 4.78 is 24.2. The van der Waals surface area contributed by atoms with Crippen LogP contribution in [0, 0.1) is 5.82 Å². The number of aromatic nitrogens is 1. The SMILES string of the molecule is COc1ccc(NC(=O)c2cc(C3CCN(C(=O)c4ccccc4F)CC3)no2)cc1. The minimum absolute atomic E-state index is 0.0657. The standard InChI is InChI=1S/C23H22FN3O4/c1-30-17-8-6-16(7-9-17)25-22(28)21-14-20(26-31-21)15-10-12-27(13-11-15)23(29)18-4-2-3-5-19(18)24/h2-9,14-15H,10-13H2,1H3,(H,25,28). The van der Waals surface area contributed by atoms with Crippen LogP contribution in [0.25, 0.3) is 0 Å². The Morgan fingerprint density at radius 2 is 1.84 bits per heavy atom. The lowest BCUT2D eigenvalue weighted by Gasteiger charge is -2.31. The van der Waals surface area contributed by atoms with E-state index in [9.17, 15) is 14.0 Å². The van der Waals surface area contributed by atoms with Gasteiger partial charge in [0.25, 0.3) is 11.8 Å². The summed E-state index contributed by atoms with van der Waals surface area (Å²) in [5.74, 6) is -0.336. The normalized spacial score (nSPS) is 14.3. The highest BCUT2D eigenvalue weighted by Gasteiger charge is 2.28. The van der Waals surface area contributed by atoms with Gasteiger partial charge in [0.1, 0.15) is 11.6 Å². The van der Waals surface area contributed by atoms with Crippen molar-refractivity contribution in [2.75, 3.05) is 25.5 Å². The average Bonchev–Trinajstić information content (AvgIpc) is 3.30. The highest BCUT2D eigenvalue weighted by atomic mass is 19.1. The fraction of sp³-hybridized carbons (Fsp3) is 0.261. The van der Waals surface area contributed by atoms with Gasteiger partial charge >= 0.3 is 0 Å². The van der Waals surface area contributed by atoms with Crippen molar-refractivity contribution in [1.82, 2.24) is 10.1 Å². The lowest BCUT2D eigenvalue weighted by molar-refractivity contribution is 0.0706. The maximum Gasteiger partial charge on any atom is 0.294 e. The summed E-state index contributed by atoms with van der Waals surface area (Å²) in [4.78, 5) is 26.6. The van der Waals surface area contributed by atoms with Crippen molar-refractivity contribution in [2.24, 2.45) is 0 Å². The van der Waals surface area contributed by atoms with Gasteiger partial charge in [-0.1, -0.05) is 17.3 Å². The van der Waals surface area contributed by atoms with Gasteiger partial charge in [-0.25, -0.2) is 4.39 Å². The molecule has 160 valence electrons. The number of anilines is 1. The van der Waals surface area contributed by atoms with Crippen LogP contribution in [0.15, 0.2) is 59.1 Å². The molecule has 1 aliphatic heterocycles. The number of likely N-dealkylation sites (tertiary alicyclic amines) is 1. The van der Waals surface area contributed by atoms with E-state index < -0.39 is 11.7 Å². The Hall–Kier alpha value is -3.68. The first kappa shape index (κ1) is 20.6. The van der Waals surface area contributed by atoms with Gasteiger partial charge in [-0.05, 0) is 49.2 Å². The van der Waals surface area contributed by atoms with Crippen LogP contribution in [-0.2, 0) is 0 Å². The van der Waals surface area contributed by atoms with Crippen LogP contribution in [0.3, 0.4) is 0 Å². The molecule has 1 N–H and O–H groups in total. The summed E-state index contributed by atoms with van der Waals surface area (Å²) in [5, 5.41) is 6.81. The van der Waals surface area contributed by atoms with Crippen LogP contribution in [0.2, 0.25) is 0 Å². The Morgan fingerprint density at radius 1 is 1.13 bits per heavy atom. The lowest BCUT2D eigenvalue weighted by atomic mass is 9.93. The number of ether oxygens (including phenoxy) is 1. The minimum Gasteiger partial charge on any atom is -0.497 e. The Kier molecular flexibility index (Phi) is 5.97. The van der Waals surface area contributed by atoms with Crippen LogP contribution in [0.1, 0.15) is 45.4 Å². The van der Waals surface area contributed by atoms with E-state index in [0.29, 0.717) is 43.1 Å². The minimum atomic E-state index is -0.515. The Morgan fingerprint density at radius 3 is 2.52 bits per heavy atom. The van der Waals surface area contributed by atoms with Crippen molar-refractivity contribution < 1.29 is 23.2 Å². The number of nitrogens with one attached hydrogen (secondary N) is 1. The van der Waals surface area contributed by atoms with Crippen LogP contribution in [0.4, 0.5) is 10.1 Å². The van der Waals surface area contributed by atoms with Gasteiger partial charge in [0.2, 0.25) is 5.76 Å². The van der Waals surface area contributed by atoms with Gasteiger partial charge in [0.05, 0.1) is 18.4 Å². The Balaban J connectivity index is 1.35. The van der Waals surface area contributed by atoms with Crippen LogP contribution < -0.4 is 10.1 Å². The van der Waals surface area contributed by atoms with Gasteiger partial charge in [-0.3, -0.25) is 9.59 Å². The number of rotatable bonds is 5. The third-order valence-electron chi connectivity index (χ3n) is 5.40. The second-order valence-corrected chi connectivity index (χ2v) is 7.34. The quantitative estimate of drug-likeness (QED) is 0.668. The first-order valence-corrected chi connectivity index (χ1v) is 10.0. The monoisotopic (exact) mass is 423 g/mol. The van der Waals surface area contributed by atoms with Crippen molar-refractivity contribution in [3.63, 3.8) is 0 Å². The molecule has 1 aliphatic rings. The molecule has 4 rings (SSSR count). The van der Waals surface area contributed by atoms with E-state index in [4.69, 9.17) is 9.26 Å². The third-order valence-corrected chi connectivity index (χ3v) is 5.40. The van der Waals surface area contributed by atoms with E-state index in [2.05, 4.69) is 10.5 Å². The highest BCUT2D eigenvalue weighted by molar-refractivity contribution is 6.02. The molecule has 0 unspecified atom stereocenters. The number of hydrogen-bond donors (Lipinski definition) is 1. The zero-order valence-electron chi connectivity index (χ0n) is 17.0. The largest absolute Gasteiger partial charge is 0.497 e. The summed E-state index contributed by atoms with van der Waals surface area (Å²) in [6.07, 6.45) is 1.32. The maximum absolute atomic E-state index is 13.9. The van der Waals surface area contributed by atoms with Crippen LogP contribution in [-0.4, -0.2) is 42.1 Å². The first-order valence-electron chi connectivity index (χ1n) is 10.0. The third kappa shape index (κ3) is 4.58. The number of amides is 2. The molecule has 8 heteroatoms. The predicted octanol–water partition coefficient (Wildman–Crippen LogP) is 4.09. The number of halogens is 1. The zero-order valence-corrected chi connectivity index (χ0v) is 17.0. The fourth-order valence-electron chi connectivity index (χ4n) is 3.64. The zero-order chi connectivity index (χ0) is 21.8. The molecule has 0 saturated carbocycles. The molecular weight excluding hydrogens is 401 g/mol. The molecule has 31 heavy (non-hydrogen) atoms. The van der Waals surface area contributed by atoms with Crippen molar-refractivity contribution >= 4 is 17.5 Å². The number of carbonyl (C=O) groups is 2. The molecule has 7 nitrogen and oxygen atoms in total. The van der Waals surface area contributed by atoms with Crippen LogP contribution in [0.5, 0.6) is 5.75 Å². The second kappa shape index (κ2) is 8.99. The van der Waals surface area contributed by atoms with Gasteiger partial charge in [0, 0.05) is 30.8 Å². The van der Waals surface area contributed by atoms with Gasteiger partial charge < -0.3 is 19.5 Å². The van der Waals surface area contributed by atoms with Gasteiger partial charge in [-0.15, -0.1) is 0 Å². The number of methoxy groups -OCH3 is 1. The molecule has 1 fully saturated rings. The molecule has 0 aliphatic carbocycles. The Labute approximate surface area is 178 Å². The molecule has 0 spiro atoms. The number of benzene rings is 2. The molecule has 0 atom stereocenters. The molecule has 0 bridgehead atoms. The summed E-state index contributed by atoms with van der Waals surface area (Å²) in [6.45, 7) is 0.968. The number of nitrogens with zero attached hydrogens (tertiary/aromatic N) is 2. The smallest absolute Gasteiger partial charge is 0.294 e. The van der Waals surface area contributed by atoms with E-state index in [1.165, 1.54) is 12.1 Å². The summed E-state index contributed by atoms with van der Waals surface area (Å²) in [6, 6.07) is 14.6. The van der Waals surface area contributed by atoms with Crippen molar-refractivity contribution in [2.45, 2.75) is 18.8 Å². The number of piperidine rings is 1. The van der Waals surface area contributed by atoms with Crippen molar-refractivity contribution in [3.05, 3.63) is 77.4 Å². The second-order valence-electron chi connectivity index (χ2n) is 7.34. The van der Waals surface area contributed by atoms with E-state index in [1.54, 1.807) is 54.5 Å². The van der Waals surface area contributed by atoms with Gasteiger partial charge in [-0.2, -0.15) is 0 Å². The maximum atomic E-state index is 13.9. The van der Waals surface area contributed by atoms with E-state index in [1.807, 2.05) is 0 Å². The average molecular weight is 423 g/mol. The van der Waals surface area contributed by atoms with E-state index in [0.717, 1.165) is 0 Å². The topological polar surface area (TPSA) is 84.7 Å². The number of hydrogen-bond acceptors (Lipinski definition) is 5. The summed E-state index contributed by atoms with van der Waals surface area (Å²) >= 11 is 0. The first-order chi connectivity index (χ1) is 15.0. The van der Waals surface area contributed by atoms with E-state index >= 15 is 0 Å². The summed E-state index contributed by atoms with van der Waals surface area (Å²) in [7, 11) is 1.57. The molecule has 2 heterocycles. The Bertz CT molecular complexity index is 1070. The number of carbonyl (C=O) groups excluding carboxylic acids is 2.